The SMILES string of the molecule is CS(=O)(=O)Nc1ccc([N+](=O)[O-])cc1OC1CCC(=O)CC1. The second-order valence-corrected chi connectivity index (χ2v) is 6.92. The van der Waals surface area contributed by atoms with Crippen molar-refractivity contribution in [2.45, 2.75) is 31.8 Å². The van der Waals surface area contributed by atoms with E-state index in [1.165, 1.54) is 18.2 Å². The number of anilines is 1. The van der Waals surface area contributed by atoms with Crippen LogP contribution in [0.1, 0.15) is 25.7 Å². The van der Waals surface area contributed by atoms with Crippen molar-refractivity contribution in [3.05, 3.63) is 28.3 Å². The number of ether oxygens (including phenoxy) is 1. The van der Waals surface area contributed by atoms with Gasteiger partial charge in [0, 0.05) is 18.9 Å². The first kappa shape index (κ1) is 16.2. The van der Waals surface area contributed by atoms with Gasteiger partial charge < -0.3 is 4.74 Å². The zero-order valence-electron chi connectivity index (χ0n) is 11.9. The summed E-state index contributed by atoms with van der Waals surface area (Å²) in [5.74, 6) is 0.257. The van der Waals surface area contributed by atoms with E-state index in [9.17, 15) is 23.3 Å². The minimum absolute atomic E-state index is 0.0963. The van der Waals surface area contributed by atoms with Crippen molar-refractivity contribution < 1.29 is 22.9 Å². The molecule has 0 spiro atoms. The molecule has 0 aliphatic heterocycles. The summed E-state index contributed by atoms with van der Waals surface area (Å²) in [4.78, 5) is 21.5. The fraction of sp³-hybridized carbons (Fsp3) is 0.462. The van der Waals surface area contributed by atoms with E-state index in [4.69, 9.17) is 4.74 Å². The molecule has 22 heavy (non-hydrogen) atoms. The number of nitrogens with one attached hydrogen (secondary N) is 1. The van der Waals surface area contributed by atoms with Gasteiger partial charge in [0.2, 0.25) is 10.0 Å². The summed E-state index contributed by atoms with van der Waals surface area (Å²) >= 11 is 0. The van der Waals surface area contributed by atoms with Crippen molar-refractivity contribution in [2.24, 2.45) is 0 Å². The maximum atomic E-state index is 11.4. The fourth-order valence-electron chi connectivity index (χ4n) is 2.22. The molecule has 1 aliphatic rings. The van der Waals surface area contributed by atoms with Crippen LogP contribution >= 0.6 is 0 Å². The van der Waals surface area contributed by atoms with Crippen LogP contribution in [0.2, 0.25) is 0 Å². The number of Topliss-reactive ketones (excluding diaryl/α,β-unsaturated/α-hetero) is 1. The Kier molecular flexibility index (Phi) is 4.65. The lowest BCUT2D eigenvalue weighted by atomic mass is 9.96. The van der Waals surface area contributed by atoms with E-state index < -0.39 is 14.9 Å². The van der Waals surface area contributed by atoms with E-state index in [1.807, 2.05) is 0 Å². The van der Waals surface area contributed by atoms with Crippen LogP contribution in [-0.2, 0) is 14.8 Å². The molecule has 0 unspecified atom stereocenters. The second kappa shape index (κ2) is 6.30. The number of nitro groups is 1. The van der Waals surface area contributed by atoms with E-state index >= 15 is 0 Å². The molecule has 0 heterocycles. The molecule has 1 aromatic carbocycles. The van der Waals surface area contributed by atoms with Gasteiger partial charge in [-0.15, -0.1) is 0 Å². The number of hydrogen-bond acceptors (Lipinski definition) is 6. The number of nitro benzene ring substituents is 1. The van der Waals surface area contributed by atoms with Crippen molar-refractivity contribution >= 4 is 27.2 Å². The van der Waals surface area contributed by atoms with Crippen LogP contribution in [0.3, 0.4) is 0 Å². The molecule has 0 saturated heterocycles. The highest BCUT2D eigenvalue weighted by molar-refractivity contribution is 7.92. The second-order valence-electron chi connectivity index (χ2n) is 5.17. The third kappa shape index (κ3) is 4.42. The highest BCUT2D eigenvalue weighted by Crippen LogP contribution is 2.32. The first-order valence-corrected chi connectivity index (χ1v) is 8.58. The van der Waals surface area contributed by atoms with Gasteiger partial charge in [0.25, 0.3) is 5.69 Å². The molecule has 1 fully saturated rings. The van der Waals surface area contributed by atoms with E-state index in [2.05, 4.69) is 4.72 Å². The molecule has 8 nitrogen and oxygen atoms in total. The number of carbonyl (C=O) groups is 1. The normalized spacial score (nSPS) is 16.3. The predicted octanol–water partition coefficient (Wildman–Crippen LogP) is 1.86. The van der Waals surface area contributed by atoms with E-state index in [0.29, 0.717) is 25.7 Å². The number of benzene rings is 1. The lowest BCUT2D eigenvalue weighted by Crippen LogP contribution is -2.24. The zero-order valence-corrected chi connectivity index (χ0v) is 12.8. The molecule has 1 N–H and O–H groups in total. The minimum Gasteiger partial charge on any atom is -0.488 e. The van der Waals surface area contributed by atoms with Gasteiger partial charge in [0.1, 0.15) is 5.78 Å². The van der Waals surface area contributed by atoms with E-state index in [0.717, 1.165) is 6.26 Å². The molecule has 9 heteroatoms. The van der Waals surface area contributed by atoms with E-state index in [1.54, 1.807) is 0 Å². The van der Waals surface area contributed by atoms with Crippen molar-refractivity contribution in [1.29, 1.82) is 0 Å². The lowest BCUT2D eigenvalue weighted by molar-refractivity contribution is -0.384. The highest BCUT2D eigenvalue weighted by atomic mass is 32.2. The monoisotopic (exact) mass is 328 g/mol. The van der Waals surface area contributed by atoms with Gasteiger partial charge in [0.15, 0.2) is 5.75 Å². The summed E-state index contributed by atoms with van der Waals surface area (Å²) in [6, 6.07) is 3.68. The third-order valence-corrected chi connectivity index (χ3v) is 3.85. The topological polar surface area (TPSA) is 116 Å². The Bertz CT molecular complexity index is 690. The Morgan fingerprint density at radius 2 is 1.95 bits per heavy atom. The summed E-state index contributed by atoms with van der Waals surface area (Å²) in [5.41, 5.74) is -0.0501. The molecular weight excluding hydrogens is 312 g/mol. The third-order valence-electron chi connectivity index (χ3n) is 3.26. The molecule has 0 amide bonds. The largest absolute Gasteiger partial charge is 0.488 e. The highest BCUT2D eigenvalue weighted by Gasteiger charge is 2.23. The molecule has 0 radical (unpaired) electrons. The standard InChI is InChI=1S/C13H16N2O6S/c1-22(19,20)14-12-7-2-9(15(17)18)8-13(12)21-11-5-3-10(16)4-6-11/h2,7-8,11,14H,3-6H2,1H3. The van der Waals surface area contributed by atoms with Crippen LogP contribution < -0.4 is 9.46 Å². The van der Waals surface area contributed by atoms with Crippen LogP contribution in [0.15, 0.2) is 18.2 Å². The predicted molar refractivity (Wildman–Crippen MR) is 79.5 cm³/mol. The Hall–Kier alpha value is -2.16. The number of ketones is 1. The quantitative estimate of drug-likeness (QED) is 0.651. The molecule has 0 bridgehead atoms. The van der Waals surface area contributed by atoms with Gasteiger partial charge in [-0.25, -0.2) is 8.42 Å². The van der Waals surface area contributed by atoms with Gasteiger partial charge >= 0.3 is 0 Å². The Morgan fingerprint density at radius 1 is 1.32 bits per heavy atom. The Balaban J connectivity index is 2.26. The number of rotatable bonds is 5. The van der Waals surface area contributed by atoms with Gasteiger partial charge in [-0.3, -0.25) is 19.6 Å². The average Bonchev–Trinajstić information content (AvgIpc) is 2.41. The van der Waals surface area contributed by atoms with Crippen molar-refractivity contribution in [1.82, 2.24) is 0 Å². The van der Waals surface area contributed by atoms with Crippen LogP contribution in [-0.4, -0.2) is 31.5 Å². The molecule has 120 valence electrons. The molecule has 2 rings (SSSR count). The van der Waals surface area contributed by atoms with Crippen molar-refractivity contribution in [3.63, 3.8) is 0 Å². The number of sulfonamides is 1. The average molecular weight is 328 g/mol. The lowest BCUT2D eigenvalue weighted by Gasteiger charge is -2.23. The van der Waals surface area contributed by atoms with Gasteiger partial charge in [0.05, 0.1) is 29.0 Å². The van der Waals surface area contributed by atoms with Gasteiger partial charge in [-0.05, 0) is 18.9 Å². The molecule has 1 aliphatic carbocycles. The first-order valence-electron chi connectivity index (χ1n) is 6.69. The maximum absolute atomic E-state index is 11.4. The molecule has 0 aromatic heterocycles. The summed E-state index contributed by atoms with van der Waals surface area (Å²) in [6.45, 7) is 0. The fourth-order valence-corrected chi connectivity index (χ4v) is 2.78. The van der Waals surface area contributed by atoms with Crippen LogP contribution in [0.5, 0.6) is 5.75 Å². The maximum Gasteiger partial charge on any atom is 0.273 e. The minimum atomic E-state index is -3.54. The molecule has 1 saturated carbocycles. The van der Waals surface area contributed by atoms with Crippen molar-refractivity contribution in [3.8, 4) is 5.75 Å². The number of carbonyl (C=O) groups excluding carboxylic acids is 1. The van der Waals surface area contributed by atoms with Crippen LogP contribution in [0.4, 0.5) is 11.4 Å². The zero-order chi connectivity index (χ0) is 16.3. The number of non-ortho nitro benzene ring substituents is 1. The summed E-state index contributed by atoms with van der Waals surface area (Å²) in [5, 5.41) is 10.9. The van der Waals surface area contributed by atoms with Crippen LogP contribution in [0.25, 0.3) is 0 Å². The first-order chi connectivity index (χ1) is 10.2. The molecular formula is C13H16N2O6S. The van der Waals surface area contributed by atoms with Crippen LogP contribution in [0, 0.1) is 10.1 Å². The number of nitrogens with zero attached hydrogens (tertiary/aromatic N) is 1. The van der Waals surface area contributed by atoms with Gasteiger partial charge in [-0.2, -0.15) is 0 Å². The van der Waals surface area contributed by atoms with Crippen molar-refractivity contribution in [2.75, 3.05) is 11.0 Å². The van der Waals surface area contributed by atoms with E-state index in [-0.39, 0.29) is 29.0 Å². The Labute approximate surface area is 127 Å². The summed E-state index contributed by atoms with van der Waals surface area (Å²) in [7, 11) is -3.54. The van der Waals surface area contributed by atoms with Gasteiger partial charge in [-0.1, -0.05) is 0 Å². The smallest absolute Gasteiger partial charge is 0.273 e. The Morgan fingerprint density at radius 3 is 2.50 bits per heavy atom. The summed E-state index contributed by atoms with van der Waals surface area (Å²) < 4.78 is 30.7. The number of hydrogen-bond donors (Lipinski definition) is 1. The molecule has 0 atom stereocenters. The summed E-state index contributed by atoms with van der Waals surface area (Å²) in [6.07, 6.45) is 2.54. The molecule has 1 aromatic rings.